The Morgan fingerprint density at radius 3 is 2.36 bits per heavy atom. The number of carbonyl (C=O) groups is 1. The van der Waals surface area contributed by atoms with E-state index >= 15 is 0 Å². The zero-order valence-corrected chi connectivity index (χ0v) is 16.2. The Bertz CT molecular complexity index is 1140. The van der Waals surface area contributed by atoms with E-state index in [9.17, 15) is 4.79 Å². The lowest BCUT2D eigenvalue weighted by Crippen LogP contribution is -2.13. The van der Waals surface area contributed by atoms with Crippen molar-refractivity contribution in [1.82, 2.24) is 15.0 Å². The minimum absolute atomic E-state index is 0.130. The van der Waals surface area contributed by atoms with Crippen molar-refractivity contribution in [1.29, 1.82) is 0 Å². The fourth-order valence-electron chi connectivity index (χ4n) is 3.13. The third kappa shape index (κ3) is 3.51. The Hall–Kier alpha value is -3.47. The predicted octanol–water partition coefficient (Wildman–Crippen LogP) is 5.10. The molecule has 0 fully saturated rings. The Morgan fingerprint density at radius 1 is 0.929 bits per heavy atom. The monoisotopic (exact) mass is 370 g/mol. The maximum atomic E-state index is 12.5. The van der Waals surface area contributed by atoms with Gasteiger partial charge in [0.1, 0.15) is 11.0 Å². The number of rotatable bonds is 4. The van der Waals surface area contributed by atoms with Crippen LogP contribution in [0.2, 0.25) is 0 Å². The summed E-state index contributed by atoms with van der Waals surface area (Å²) in [6, 6.07) is 21.3. The maximum Gasteiger partial charge on any atom is 0.255 e. The number of amides is 1. The first-order valence-corrected chi connectivity index (χ1v) is 9.36. The number of hydrogen-bond donors (Lipinski definition) is 1. The van der Waals surface area contributed by atoms with Crippen molar-refractivity contribution in [3.63, 3.8) is 0 Å². The molecular formula is C23H22N4O. The first-order chi connectivity index (χ1) is 13.5. The normalized spacial score (nSPS) is 11.1. The second-order valence-electron chi connectivity index (χ2n) is 7.21. The van der Waals surface area contributed by atoms with Crippen LogP contribution in [0.4, 0.5) is 5.69 Å². The summed E-state index contributed by atoms with van der Waals surface area (Å²) in [7, 11) is 0. The molecule has 0 aliphatic rings. The summed E-state index contributed by atoms with van der Waals surface area (Å²) in [5, 5.41) is 12.1. The molecule has 0 spiro atoms. The highest BCUT2D eigenvalue weighted by molar-refractivity contribution is 6.05. The first-order valence-electron chi connectivity index (χ1n) is 9.36. The van der Waals surface area contributed by atoms with Gasteiger partial charge in [-0.3, -0.25) is 4.79 Å². The molecule has 4 aromatic rings. The minimum atomic E-state index is -0.130. The highest BCUT2D eigenvalue weighted by atomic mass is 16.1. The van der Waals surface area contributed by atoms with Crippen LogP contribution in [0.15, 0.2) is 66.7 Å². The van der Waals surface area contributed by atoms with Gasteiger partial charge in [-0.15, -0.1) is 10.2 Å². The molecule has 140 valence electrons. The van der Waals surface area contributed by atoms with Gasteiger partial charge < -0.3 is 5.32 Å². The highest BCUT2D eigenvalue weighted by Gasteiger charge is 2.11. The number of nitrogens with zero attached hydrogens (tertiary/aromatic N) is 3. The molecule has 0 aliphatic heterocycles. The lowest BCUT2D eigenvalue weighted by molar-refractivity contribution is 0.102. The topological polar surface area (TPSA) is 59.8 Å². The van der Waals surface area contributed by atoms with Crippen LogP contribution in [0.5, 0.6) is 0 Å². The van der Waals surface area contributed by atoms with E-state index in [1.165, 1.54) is 5.56 Å². The van der Waals surface area contributed by atoms with E-state index in [-0.39, 0.29) is 5.91 Å². The van der Waals surface area contributed by atoms with E-state index < -0.39 is 0 Å². The zero-order chi connectivity index (χ0) is 19.7. The van der Waals surface area contributed by atoms with Crippen LogP contribution in [-0.4, -0.2) is 20.9 Å². The molecule has 1 heterocycles. The molecule has 4 rings (SSSR count). The van der Waals surface area contributed by atoms with Gasteiger partial charge in [0.05, 0.1) is 5.69 Å². The number of fused-ring (bicyclic) bond motifs is 1. The van der Waals surface area contributed by atoms with Crippen LogP contribution in [0.3, 0.4) is 0 Å². The minimum Gasteiger partial charge on any atom is -0.322 e. The molecule has 28 heavy (non-hydrogen) atoms. The van der Waals surface area contributed by atoms with Crippen LogP contribution in [0.25, 0.3) is 16.7 Å². The summed E-state index contributed by atoms with van der Waals surface area (Å²) in [4.78, 5) is 14.2. The van der Waals surface area contributed by atoms with Gasteiger partial charge >= 0.3 is 0 Å². The molecule has 5 nitrogen and oxygen atoms in total. The first kappa shape index (κ1) is 17.9. The fraction of sp³-hybridized carbons (Fsp3) is 0.174. The smallest absolute Gasteiger partial charge is 0.255 e. The number of anilines is 1. The number of nitrogens with one attached hydrogen (secondary N) is 1. The van der Waals surface area contributed by atoms with Gasteiger partial charge in [-0.1, -0.05) is 44.2 Å². The van der Waals surface area contributed by atoms with Gasteiger partial charge in [-0.2, -0.15) is 4.80 Å². The summed E-state index contributed by atoms with van der Waals surface area (Å²) in [5.41, 5.74) is 6.00. The molecule has 0 saturated heterocycles. The molecule has 1 amide bonds. The molecular weight excluding hydrogens is 348 g/mol. The zero-order valence-electron chi connectivity index (χ0n) is 16.2. The van der Waals surface area contributed by atoms with Gasteiger partial charge in [0.15, 0.2) is 0 Å². The van der Waals surface area contributed by atoms with Gasteiger partial charge in [0, 0.05) is 11.3 Å². The van der Waals surface area contributed by atoms with Gasteiger partial charge in [0.2, 0.25) is 0 Å². The maximum absolute atomic E-state index is 12.5. The van der Waals surface area contributed by atoms with E-state index in [0.717, 1.165) is 22.3 Å². The standard InChI is InChI=1S/C23H22N4O/c1-15(2)17-8-11-19(12-9-17)27-25-21-13-10-18(14-22(21)26-27)24-23(28)20-7-5-4-6-16(20)3/h4-15H,1-3H3,(H,24,28). The second-order valence-corrected chi connectivity index (χ2v) is 7.21. The third-order valence-electron chi connectivity index (χ3n) is 4.82. The predicted molar refractivity (Wildman–Crippen MR) is 112 cm³/mol. The average Bonchev–Trinajstić information content (AvgIpc) is 3.11. The summed E-state index contributed by atoms with van der Waals surface area (Å²) >= 11 is 0. The van der Waals surface area contributed by atoms with Gasteiger partial charge in [0.25, 0.3) is 5.91 Å². The lowest BCUT2D eigenvalue weighted by atomic mass is 10.0. The molecule has 0 saturated carbocycles. The van der Waals surface area contributed by atoms with Crippen LogP contribution >= 0.6 is 0 Å². The molecule has 1 aromatic heterocycles. The van der Waals surface area contributed by atoms with Crippen LogP contribution in [0.1, 0.15) is 41.3 Å². The fourth-order valence-corrected chi connectivity index (χ4v) is 3.13. The van der Waals surface area contributed by atoms with Crippen LogP contribution < -0.4 is 5.32 Å². The molecule has 0 atom stereocenters. The summed E-state index contributed by atoms with van der Waals surface area (Å²) in [6.07, 6.45) is 0. The molecule has 5 heteroatoms. The van der Waals surface area contributed by atoms with Gasteiger partial charge in [-0.25, -0.2) is 0 Å². The Balaban J connectivity index is 1.60. The van der Waals surface area contributed by atoms with E-state index in [0.29, 0.717) is 17.2 Å². The number of benzene rings is 3. The molecule has 1 N–H and O–H groups in total. The van der Waals surface area contributed by atoms with E-state index in [4.69, 9.17) is 0 Å². The second kappa shape index (κ2) is 7.27. The number of aryl methyl sites for hydroxylation is 1. The van der Waals surface area contributed by atoms with Crippen molar-refractivity contribution in [2.45, 2.75) is 26.7 Å². The third-order valence-corrected chi connectivity index (χ3v) is 4.82. The number of aromatic nitrogens is 3. The highest BCUT2D eigenvalue weighted by Crippen LogP contribution is 2.20. The lowest BCUT2D eigenvalue weighted by Gasteiger charge is -2.07. The summed E-state index contributed by atoms with van der Waals surface area (Å²) < 4.78 is 0. The molecule has 0 unspecified atom stereocenters. The van der Waals surface area contributed by atoms with Crippen LogP contribution in [0, 0.1) is 6.92 Å². The largest absolute Gasteiger partial charge is 0.322 e. The summed E-state index contributed by atoms with van der Waals surface area (Å²) in [5.74, 6) is 0.354. The Labute approximate surface area is 164 Å². The molecule has 0 radical (unpaired) electrons. The van der Waals surface area contributed by atoms with Crippen molar-refractivity contribution in [2.24, 2.45) is 0 Å². The Kier molecular flexibility index (Phi) is 4.65. The van der Waals surface area contributed by atoms with Gasteiger partial charge in [-0.05, 0) is 60.4 Å². The molecule has 0 aliphatic carbocycles. The quantitative estimate of drug-likeness (QED) is 0.543. The van der Waals surface area contributed by atoms with E-state index in [1.807, 2.05) is 61.5 Å². The van der Waals surface area contributed by atoms with Crippen LogP contribution in [-0.2, 0) is 0 Å². The van der Waals surface area contributed by atoms with Crippen molar-refractivity contribution < 1.29 is 4.79 Å². The Morgan fingerprint density at radius 2 is 1.64 bits per heavy atom. The van der Waals surface area contributed by atoms with Crippen molar-refractivity contribution >= 4 is 22.6 Å². The SMILES string of the molecule is Cc1ccccc1C(=O)Nc1ccc2nn(-c3ccc(C(C)C)cc3)nc2c1. The molecule has 3 aromatic carbocycles. The number of hydrogen-bond acceptors (Lipinski definition) is 3. The number of carbonyl (C=O) groups excluding carboxylic acids is 1. The molecule has 0 bridgehead atoms. The van der Waals surface area contributed by atoms with Crippen molar-refractivity contribution in [3.8, 4) is 5.69 Å². The van der Waals surface area contributed by atoms with Crippen molar-refractivity contribution in [3.05, 3.63) is 83.4 Å². The van der Waals surface area contributed by atoms with Crippen molar-refractivity contribution in [2.75, 3.05) is 5.32 Å². The van der Waals surface area contributed by atoms with E-state index in [2.05, 4.69) is 41.5 Å². The average molecular weight is 370 g/mol. The van der Waals surface area contributed by atoms with E-state index in [1.54, 1.807) is 4.80 Å². The summed E-state index contributed by atoms with van der Waals surface area (Å²) in [6.45, 7) is 6.26.